The van der Waals surface area contributed by atoms with Gasteiger partial charge in [-0.05, 0) is 74.5 Å². The maximum Gasteiger partial charge on any atom is 0.416 e. The van der Waals surface area contributed by atoms with E-state index in [1.165, 1.54) is 61.1 Å². The van der Waals surface area contributed by atoms with Gasteiger partial charge in [-0.25, -0.2) is 27.3 Å². The molecule has 18 heteroatoms. The first-order chi connectivity index (χ1) is 25.8. The first-order valence-corrected chi connectivity index (χ1v) is 18.2. The molecule has 1 N–H and O–H groups in total. The number of carbonyl (C=O) groups is 2. The van der Waals surface area contributed by atoms with Crippen molar-refractivity contribution in [3.8, 4) is 28.8 Å². The Morgan fingerprint density at radius 3 is 2.16 bits per heavy atom. The zero-order valence-corrected chi connectivity index (χ0v) is 31.0. The fourth-order valence-corrected chi connectivity index (χ4v) is 6.48. The van der Waals surface area contributed by atoms with Crippen molar-refractivity contribution in [2.45, 2.75) is 31.0 Å². The van der Waals surface area contributed by atoms with Crippen molar-refractivity contribution >= 4 is 22.1 Å². The van der Waals surface area contributed by atoms with Crippen LogP contribution in [0.1, 0.15) is 23.7 Å². The number of hydrogen-bond donors (Lipinski definition) is 1. The van der Waals surface area contributed by atoms with Crippen LogP contribution in [0.5, 0.6) is 0 Å². The number of benzene rings is 3. The molecular weight excluding hydrogens is 742 g/mol. The van der Waals surface area contributed by atoms with Gasteiger partial charge < -0.3 is 19.3 Å². The summed E-state index contributed by atoms with van der Waals surface area (Å²) < 4.78 is 75.7. The van der Waals surface area contributed by atoms with Gasteiger partial charge in [0, 0.05) is 0 Å². The molecule has 6 rings (SSSR count). The number of nitrogens with one attached hydrogen (secondary N) is 1. The largest absolute Gasteiger partial charge is 0.744 e. The van der Waals surface area contributed by atoms with Crippen LogP contribution in [-0.4, -0.2) is 99.5 Å². The van der Waals surface area contributed by atoms with E-state index in [-0.39, 0.29) is 33.6 Å². The van der Waals surface area contributed by atoms with Crippen molar-refractivity contribution in [2.24, 2.45) is 0 Å². The predicted octanol–water partition coefficient (Wildman–Crippen LogP) is 4.15. The first-order valence-electron chi connectivity index (χ1n) is 16.8. The molecule has 3 aromatic carbocycles. The number of quaternary nitrogens is 1. The van der Waals surface area contributed by atoms with Gasteiger partial charge >= 0.3 is 17.9 Å². The number of amides is 2. The summed E-state index contributed by atoms with van der Waals surface area (Å²) in [7, 11) is -0.112. The second kappa shape index (κ2) is 15.8. The molecule has 288 valence electrons. The molecular formula is C37H37F3N8O6S. The number of aromatic nitrogens is 4. The first kappa shape index (κ1) is 40.2. The summed E-state index contributed by atoms with van der Waals surface area (Å²) in [5.74, 6) is -0.311. The van der Waals surface area contributed by atoms with Crippen LogP contribution in [0.25, 0.3) is 22.8 Å². The number of nitrogens with zero attached hydrogens (tertiary/aromatic N) is 7. The topological polar surface area (TPSA) is 175 Å². The minimum atomic E-state index is -4.66. The Morgan fingerprint density at radius 2 is 1.60 bits per heavy atom. The fourth-order valence-electron chi connectivity index (χ4n) is 5.99. The second-order valence-corrected chi connectivity index (χ2v) is 14.7. The third-order valence-electron chi connectivity index (χ3n) is 9.05. The van der Waals surface area contributed by atoms with Crippen LogP contribution in [0.15, 0.2) is 101 Å². The lowest BCUT2D eigenvalue weighted by atomic mass is 10.2. The zero-order valence-electron chi connectivity index (χ0n) is 30.2. The molecule has 0 radical (unpaired) electrons. The van der Waals surface area contributed by atoms with Gasteiger partial charge in [-0.3, -0.25) is 9.36 Å². The minimum absolute atomic E-state index is 0.0634. The predicted molar refractivity (Wildman–Crippen MR) is 193 cm³/mol. The Morgan fingerprint density at radius 1 is 0.964 bits per heavy atom. The van der Waals surface area contributed by atoms with Crippen molar-refractivity contribution < 1.29 is 40.2 Å². The number of halogens is 3. The normalized spacial score (nSPS) is 14.6. The molecule has 2 aromatic heterocycles. The van der Waals surface area contributed by atoms with E-state index in [9.17, 15) is 45.8 Å². The second-order valence-electron chi connectivity index (χ2n) is 13.4. The third kappa shape index (κ3) is 9.03. The van der Waals surface area contributed by atoms with Gasteiger partial charge in [-0.1, -0.05) is 24.3 Å². The van der Waals surface area contributed by atoms with E-state index in [0.717, 1.165) is 38.8 Å². The van der Waals surface area contributed by atoms with Gasteiger partial charge in [0.25, 0.3) is 0 Å². The van der Waals surface area contributed by atoms with Gasteiger partial charge in [0.1, 0.15) is 21.9 Å². The van der Waals surface area contributed by atoms with Crippen LogP contribution in [0.3, 0.4) is 0 Å². The molecule has 0 saturated carbocycles. The van der Waals surface area contributed by atoms with Gasteiger partial charge in [0.15, 0.2) is 0 Å². The average molecular weight is 779 g/mol. The molecule has 1 atom stereocenters. The van der Waals surface area contributed by atoms with E-state index in [1.807, 2.05) is 6.07 Å². The summed E-state index contributed by atoms with van der Waals surface area (Å²) in [6, 6.07) is 19.5. The average Bonchev–Trinajstić information content (AvgIpc) is 3.72. The SMILES string of the molecule is Cc1c(-c2ccnn2-c2ccc(C#N)cc2)n(C(=O)NC(C)C(=O)N2CC[N+](C)(C)CC2)c(=O)n1-c1cccc(C(F)(F)F)c1.O=S(=O)([O-])c1ccccc1. The van der Waals surface area contributed by atoms with E-state index >= 15 is 0 Å². The van der Waals surface area contributed by atoms with Crippen LogP contribution in [0, 0.1) is 18.3 Å². The van der Waals surface area contributed by atoms with Crippen LogP contribution >= 0.6 is 0 Å². The lowest BCUT2D eigenvalue weighted by Gasteiger charge is -2.39. The summed E-state index contributed by atoms with van der Waals surface area (Å²) in [6.45, 7) is 5.54. The Hall–Kier alpha value is -6.03. The van der Waals surface area contributed by atoms with Gasteiger partial charge in [0.05, 0.1) is 91.3 Å². The summed E-state index contributed by atoms with van der Waals surface area (Å²) in [5, 5.41) is 16.2. The van der Waals surface area contributed by atoms with Gasteiger partial charge in [0.2, 0.25) is 5.91 Å². The Kier molecular flexibility index (Phi) is 11.5. The molecule has 1 aliphatic heterocycles. The number of alkyl halides is 3. The van der Waals surface area contributed by atoms with Gasteiger partial charge in [-0.15, -0.1) is 0 Å². The van der Waals surface area contributed by atoms with E-state index in [2.05, 4.69) is 24.5 Å². The van der Waals surface area contributed by atoms with Gasteiger partial charge in [-0.2, -0.15) is 23.5 Å². The molecule has 3 heterocycles. The molecule has 5 aromatic rings. The Labute approximate surface area is 314 Å². The van der Waals surface area contributed by atoms with E-state index in [0.29, 0.717) is 24.3 Å². The fraction of sp³-hybridized carbons (Fsp3) is 0.270. The maximum absolute atomic E-state index is 14.0. The number of nitriles is 1. The standard InChI is InChI=1S/C31H31F3N8O3.C6H6O3S/c1-20(28(43)38-14-16-42(3,4)17-15-38)37-29(44)40-27(26-12-13-36-41(26)24-10-8-22(19-35)9-11-24)21(2)39(30(40)45)25-7-5-6-23(18-25)31(32,33)34;7-10(8,9)6-4-2-1-3-5-6/h5-13,18,20H,14-17H2,1-4H3;1-5H,(H,7,8,9). The summed E-state index contributed by atoms with van der Waals surface area (Å²) in [5.41, 5.74) is -0.555. The highest BCUT2D eigenvalue weighted by Gasteiger charge is 2.34. The highest BCUT2D eigenvalue weighted by molar-refractivity contribution is 7.85. The van der Waals surface area contributed by atoms with Crippen LogP contribution < -0.4 is 11.0 Å². The van der Waals surface area contributed by atoms with Crippen molar-refractivity contribution in [1.29, 1.82) is 5.26 Å². The van der Waals surface area contributed by atoms with E-state index < -0.39 is 39.6 Å². The van der Waals surface area contributed by atoms with Crippen LogP contribution in [0.2, 0.25) is 0 Å². The molecule has 0 spiro atoms. The quantitative estimate of drug-likeness (QED) is 0.198. The summed E-state index contributed by atoms with van der Waals surface area (Å²) in [4.78, 5) is 42.6. The highest BCUT2D eigenvalue weighted by atomic mass is 32.2. The molecule has 2 amide bonds. The van der Waals surface area contributed by atoms with Crippen molar-refractivity contribution in [3.05, 3.63) is 118 Å². The molecule has 55 heavy (non-hydrogen) atoms. The van der Waals surface area contributed by atoms with E-state index in [1.54, 1.807) is 41.3 Å². The Bertz CT molecular complexity index is 2410. The Balaban J connectivity index is 0.000000504. The third-order valence-corrected chi connectivity index (χ3v) is 9.90. The number of piperazine rings is 1. The number of rotatable bonds is 6. The molecule has 0 aliphatic carbocycles. The monoisotopic (exact) mass is 778 g/mol. The van der Waals surface area contributed by atoms with E-state index in [4.69, 9.17) is 0 Å². The lowest BCUT2D eigenvalue weighted by Crippen LogP contribution is -2.59. The smallest absolute Gasteiger partial charge is 0.416 e. The maximum atomic E-state index is 14.0. The van der Waals surface area contributed by atoms with Crippen molar-refractivity contribution in [1.82, 2.24) is 29.1 Å². The van der Waals surface area contributed by atoms with Crippen molar-refractivity contribution in [2.75, 3.05) is 40.3 Å². The van der Waals surface area contributed by atoms with Crippen molar-refractivity contribution in [3.63, 3.8) is 0 Å². The minimum Gasteiger partial charge on any atom is -0.744 e. The molecule has 1 fully saturated rings. The number of hydrogen-bond acceptors (Lipinski definition) is 8. The zero-order chi connectivity index (χ0) is 40.3. The number of imidazole rings is 1. The van der Waals surface area contributed by atoms with Crippen LogP contribution in [0.4, 0.5) is 18.0 Å². The molecule has 1 aliphatic rings. The molecule has 0 bridgehead atoms. The molecule has 1 saturated heterocycles. The molecule has 14 nitrogen and oxygen atoms in total. The summed E-state index contributed by atoms with van der Waals surface area (Å²) in [6.07, 6.45) is -3.22. The molecule has 1 unspecified atom stereocenters. The lowest BCUT2D eigenvalue weighted by molar-refractivity contribution is -0.894. The number of carbonyl (C=O) groups excluding carboxylic acids is 2. The highest BCUT2D eigenvalue weighted by Crippen LogP contribution is 2.32. The number of likely N-dealkylation sites (N-methyl/N-ethyl adjacent to an activating group) is 1. The summed E-state index contributed by atoms with van der Waals surface area (Å²) >= 11 is 0. The van der Waals surface area contributed by atoms with Crippen LogP contribution in [-0.2, 0) is 21.1 Å².